The Kier molecular flexibility index (Phi) is 4.30. The van der Waals surface area contributed by atoms with Crippen molar-refractivity contribution in [2.24, 2.45) is 5.11 Å². The van der Waals surface area contributed by atoms with Gasteiger partial charge in [-0.25, -0.2) is 0 Å². The molecular weight excluding hydrogens is 384 g/mol. The van der Waals surface area contributed by atoms with Crippen molar-refractivity contribution in [2.45, 2.75) is 51.1 Å². The fourth-order valence-corrected chi connectivity index (χ4v) is 5.54. The first-order chi connectivity index (χ1) is 14.1. The topological polar surface area (TPSA) is 87.8 Å². The van der Waals surface area contributed by atoms with E-state index in [-0.39, 0.29) is 22.8 Å². The summed E-state index contributed by atoms with van der Waals surface area (Å²) in [6, 6.07) is 8.36. The van der Waals surface area contributed by atoms with Crippen LogP contribution in [0.3, 0.4) is 0 Å². The number of nitrogens with zero attached hydrogens (tertiary/aromatic N) is 4. The summed E-state index contributed by atoms with van der Waals surface area (Å²) in [6.45, 7) is 1.45. The van der Waals surface area contributed by atoms with Crippen LogP contribution >= 0.6 is 11.3 Å². The highest BCUT2D eigenvalue weighted by Gasteiger charge is 2.27. The molecule has 1 aromatic carbocycles. The second-order valence-electron chi connectivity index (χ2n) is 7.91. The molecule has 1 unspecified atom stereocenters. The molecule has 5 rings (SSSR count). The molecule has 0 bridgehead atoms. The predicted octanol–water partition coefficient (Wildman–Crippen LogP) is 5.96. The lowest BCUT2D eigenvalue weighted by Crippen LogP contribution is -2.17. The van der Waals surface area contributed by atoms with E-state index in [1.807, 2.05) is 12.1 Å². The van der Waals surface area contributed by atoms with Gasteiger partial charge in [0.05, 0.1) is 17.1 Å². The third kappa shape index (κ3) is 3.07. The molecule has 1 atom stereocenters. The summed E-state index contributed by atoms with van der Waals surface area (Å²) in [5.74, 6) is -0.189. The Hall–Kier alpha value is -2.89. The fourth-order valence-electron chi connectivity index (χ4n) is 4.26. The van der Waals surface area contributed by atoms with Gasteiger partial charge in [-0.15, -0.1) is 11.3 Å². The number of hydrogen-bond donors (Lipinski definition) is 0. The van der Waals surface area contributed by atoms with Crippen LogP contribution in [0.5, 0.6) is 0 Å². The summed E-state index contributed by atoms with van der Waals surface area (Å²) in [6.07, 6.45) is 6.81. The number of ketones is 1. The summed E-state index contributed by atoms with van der Waals surface area (Å²) in [7, 11) is 0. The Bertz CT molecular complexity index is 1260. The van der Waals surface area contributed by atoms with Crippen molar-refractivity contribution < 1.29 is 4.79 Å². The van der Waals surface area contributed by atoms with Crippen molar-refractivity contribution >= 4 is 28.0 Å². The van der Waals surface area contributed by atoms with E-state index >= 15 is 0 Å². The standard InChI is InChI=1S/C22H20N4O2S/c1-12(27)17-11-26(15-6-7-15)19-9-13(5-8-16(19)21(17)28)20-10-14-3-2-4-18(24-25-23)22(14)29-20/h5,8-11,15,18H,2-4,6-7H2,1H3. The van der Waals surface area contributed by atoms with Crippen LogP contribution in [-0.2, 0) is 6.42 Å². The summed E-state index contributed by atoms with van der Waals surface area (Å²) >= 11 is 1.68. The number of carbonyl (C=O) groups excluding carboxylic acids is 1. The summed E-state index contributed by atoms with van der Waals surface area (Å²) < 4.78 is 2.10. The highest BCUT2D eigenvalue weighted by Crippen LogP contribution is 2.43. The molecule has 1 fully saturated rings. The van der Waals surface area contributed by atoms with Crippen LogP contribution in [0.2, 0.25) is 0 Å². The molecular formula is C22H20N4O2S. The van der Waals surface area contributed by atoms with Crippen LogP contribution in [0, 0.1) is 0 Å². The number of hydrogen-bond acceptors (Lipinski definition) is 4. The number of thiophene rings is 1. The average Bonchev–Trinajstić information content (AvgIpc) is 3.45. The minimum Gasteiger partial charge on any atom is -0.343 e. The highest BCUT2D eigenvalue weighted by atomic mass is 32.1. The number of fused-ring (bicyclic) bond motifs is 2. The van der Waals surface area contributed by atoms with Gasteiger partial charge in [0.1, 0.15) is 0 Å². The molecule has 0 N–H and O–H groups in total. The van der Waals surface area contributed by atoms with Crippen molar-refractivity contribution in [3.63, 3.8) is 0 Å². The van der Waals surface area contributed by atoms with E-state index in [0.717, 1.165) is 52.9 Å². The Balaban J connectivity index is 1.67. The van der Waals surface area contributed by atoms with Crippen LogP contribution in [0.1, 0.15) is 65.5 Å². The number of benzene rings is 1. The van der Waals surface area contributed by atoms with Gasteiger partial charge in [0.2, 0.25) is 0 Å². The maximum absolute atomic E-state index is 12.8. The third-order valence-corrected chi connectivity index (χ3v) is 7.22. The molecule has 1 saturated carbocycles. The lowest BCUT2D eigenvalue weighted by Gasteiger charge is -2.16. The predicted molar refractivity (Wildman–Crippen MR) is 115 cm³/mol. The monoisotopic (exact) mass is 404 g/mol. The largest absolute Gasteiger partial charge is 0.343 e. The van der Waals surface area contributed by atoms with Crippen molar-refractivity contribution in [1.29, 1.82) is 0 Å². The van der Waals surface area contributed by atoms with Crippen LogP contribution in [0.15, 0.2) is 40.4 Å². The van der Waals surface area contributed by atoms with Gasteiger partial charge in [0.25, 0.3) is 0 Å². The Morgan fingerprint density at radius 2 is 2.10 bits per heavy atom. The van der Waals surface area contributed by atoms with E-state index in [9.17, 15) is 9.59 Å². The van der Waals surface area contributed by atoms with Crippen molar-refractivity contribution in [2.75, 3.05) is 0 Å². The maximum Gasteiger partial charge on any atom is 0.200 e. The Morgan fingerprint density at radius 1 is 1.28 bits per heavy atom. The Morgan fingerprint density at radius 3 is 2.83 bits per heavy atom. The van der Waals surface area contributed by atoms with E-state index in [1.165, 1.54) is 12.5 Å². The van der Waals surface area contributed by atoms with Crippen LogP contribution in [0.4, 0.5) is 0 Å². The molecule has 2 heterocycles. The van der Waals surface area contributed by atoms with Crippen molar-refractivity contribution in [3.05, 3.63) is 67.1 Å². The van der Waals surface area contributed by atoms with Gasteiger partial charge < -0.3 is 4.57 Å². The summed E-state index contributed by atoms with van der Waals surface area (Å²) in [5.41, 5.74) is 12.2. The number of rotatable bonds is 4. The van der Waals surface area contributed by atoms with Crippen molar-refractivity contribution in [3.8, 4) is 10.4 Å². The SMILES string of the molecule is CC(=O)c1cn(C2CC2)c2cc(-c3cc4c(s3)C(N=[N+]=[N-])CCC4)ccc2c1=O. The minimum atomic E-state index is -0.190. The smallest absolute Gasteiger partial charge is 0.200 e. The zero-order valence-corrected chi connectivity index (χ0v) is 16.9. The normalized spacial score (nSPS) is 18.3. The quantitative estimate of drug-likeness (QED) is 0.233. The highest BCUT2D eigenvalue weighted by molar-refractivity contribution is 7.15. The number of aromatic nitrogens is 1. The molecule has 2 aliphatic carbocycles. The Labute approximate surface area is 171 Å². The maximum atomic E-state index is 12.8. The molecule has 29 heavy (non-hydrogen) atoms. The molecule has 2 aliphatic rings. The third-order valence-electron chi connectivity index (χ3n) is 5.90. The minimum absolute atomic E-state index is 0.0780. The molecule has 0 saturated heterocycles. The van der Waals surface area contributed by atoms with Gasteiger partial charge in [-0.3, -0.25) is 9.59 Å². The summed E-state index contributed by atoms with van der Waals surface area (Å²) in [5, 5.41) is 4.58. The van der Waals surface area contributed by atoms with Crippen molar-refractivity contribution in [1.82, 2.24) is 4.57 Å². The van der Waals surface area contributed by atoms with E-state index in [4.69, 9.17) is 5.53 Å². The second-order valence-corrected chi connectivity index (χ2v) is 9.00. The first-order valence-electron chi connectivity index (χ1n) is 9.94. The number of azide groups is 1. The zero-order valence-electron chi connectivity index (χ0n) is 16.1. The fraction of sp³-hybridized carbons (Fsp3) is 0.364. The number of pyridine rings is 1. The van der Waals surface area contributed by atoms with E-state index in [2.05, 4.69) is 26.7 Å². The van der Waals surface area contributed by atoms with Crippen LogP contribution < -0.4 is 5.43 Å². The van der Waals surface area contributed by atoms with Gasteiger partial charge >= 0.3 is 0 Å². The molecule has 2 aromatic heterocycles. The molecule has 7 heteroatoms. The number of Topliss-reactive ketones (excluding diaryl/α,β-unsaturated/α-hetero) is 1. The lowest BCUT2D eigenvalue weighted by atomic mass is 9.95. The number of carbonyl (C=O) groups is 1. The number of aryl methyl sites for hydroxylation is 1. The van der Waals surface area contributed by atoms with Gasteiger partial charge in [-0.1, -0.05) is 11.2 Å². The lowest BCUT2D eigenvalue weighted by molar-refractivity contribution is 0.101. The molecule has 0 amide bonds. The van der Waals surface area contributed by atoms with Gasteiger partial charge in [-0.05, 0) is 73.9 Å². The molecule has 3 aromatic rings. The van der Waals surface area contributed by atoms with E-state index in [0.29, 0.717) is 11.4 Å². The summed E-state index contributed by atoms with van der Waals surface area (Å²) in [4.78, 5) is 30.1. The van der Waals surface area contributed by atoms with Crippen LogP contribution in [-0.4, -0.2) is 10.4 Å². The average molecular weight is 404 g/mol. The molecule has 0 radical (unpaired) electrons. The molecule has 6 nitrogen and oxygen atoms in total. The van der Waals surface area contributed by atoms with E-state index in [1.54, 1.807) is 17.5 Å². The molecule has 0 spiro atoms. The van der Waals surface area contributed by atoms with Gasteiger partial charge in [0.15, 0.2) is 11.2 Å². The van der Waals surface area contributed by atoms with Gasteiger partial charge in [-0.2, -0.15) is 0 Å². The first-order valence-corrected chi connectivity index (χ1v) is 10.8. The first kappa shape index (κ1) is 18.2. The van der Waals surface area contributed by atoms with E-state index < -0.39 is 0 Å². The second kappa shape index (κ2) is 6.87. The molecule has 0 aliphatic heterocycles. The van der Waals surface area contributed by atoms with Crippen LogP contribution in [0.25, 0.3) is 31.8 Å². The zero-order chi connectivity index (χ0) is 20.1. The molecule has 146 valence electrons. The van der Waals surface area contributed by atoms with Gasteiger partial charge in [0, 0.05) is 32.3 Å².